The Morgan fingerprint density at radius 3 is 2.44 bits per heavy atom. The van der Waals surface area contributed by atoms with Gasteiger partial charge in [0.15, 0.2) is 5.78 Å². The van der Waals surface area contributed by atoms with Crippen LogP contribution in [0.5, 0.6) is 0 Å². The number of ketones is 1. The van der Waals surface area contributed by atoms with E-state index in [0.29, 0.717) is 0 Å². The van der Waals surface area contributed by atoms with Crippen LogP contribution in [0.25, 0.3) is 0 Å². The number of nitrogen functional groups attached to an aromatic ring is 1. The molecule has 0 spiro atoms. The van der Waals surface area contributed by atoms with Crippen LogP contribution in [0.15, 0.2) is 12.1 Å². The minimum Gasteiger partial charge on any atom is -0.398 e. The number of hydrogen-bond donors (Lipinski definition) is 1. The van der Waals surface area contributed by atoms with Gasteiger partial charge in [-0.1, -0.05) is 23.2 Å². The highest BCUT2D eigenvalue weighted by molar-refractivity contribution is 6.41. The Balaban J connectivity index is 2.76. The number of alkyl halides is 3. The zero-order chi connectivity index (χ0) is 13.9. The highest BCUT2D eigenvalue weighted by atomic mass is 35.5. The summed E-state index contributed by atoms with van der Waals surface area (Å²) in [6.07, 6.45) is -5.87. The lowest BCUT2D eigenvalue weighted by molar-refractivity contribution is -0.135. The number of hydrogen-bond acceptors (Lipinski definition) is 2. The molecule has 0 bridgehead atoms. The molecule has 0 amide bonds. The van der Waals surface area contributed by atoms with Crippen molar-refractivity contribution in [2.24, 2.45) is 0 Å². The maximum atomic E-state index is 11.9. The summed E-state index contributed by atoms with van der Waals surface area (Å²) in [5, 5.41) is 0.0747. The van der Waals surface area contributed by atoms with Crippen molar-refractivity contribution in [1.82, 2.24) is 0 Å². The van der Waals surface area contributed by atoms with Crippen LogP contribution in [0.2, 0.25) is 10.0 Å². The largest absolute Gasteiger partial charge is 0.398 e. The van der Waals surface area contributed by atoms with E-state index < -0.39 is 18.4 Å². The first-order valence-electron chi connectivity index (χ1n) is 5.06. The van der Waals surface area contributed by atoms with Crippen LogP contribution in [0, 0.1) is 0 Å². The summed E-state index contributed by atoms with van der Waals surface area (Å²) in [5.41, 5.74) is 5.66. The van der Waals surface area contributed by atoms with Crippen molar-refractivity contribution in [1.29, 1.82) is 0 Å². The highest BCUT2D eigenvalue weighted by Crippen LogP contribution is 2.31. The first-order valence-corrected chi connectivity index (χ1v) is 5.81. The quantitative estimate of drug-likeness (QED) is 0.657. The van der Waals surface area contributed by atoms with Gasteiger partial charge in [-0.2, -0.15) is 13.2 Å². The number of nitrogens with two attached hydrogens (primary N) is 1. The van der Waals surface area contributed by atoms with E-state index in [4.69, 9.17) is 28.9 Å². The SMILES string of the molecule is Nc1ccc(Cl)c(C(=O)CCCC(F)(F)F)c1Cl. The molecule has 0 radical (unpaired) electrons. The van der Waals surface area contributed by atoms with Crippen LogP contribution >= 0.6 is 23.2 Å². The fourth-order valence-electron chi connectivity index (χ4n) is 1.40. The standard InChI is InChI=1S/C11H10Cl2F3NO/c12-6-3-4-7(17)10(13)9(6)8(18)2-1-5-11(14,15)16/h3-4H,1-2,5,17H2. The second-order valence-corrected chi connectivity index (χ2v) is 4.50. The normalized spacial score (nSPS) is 11.6. The molecule has 0 saturated heterocycles. The Kier molecular flexibility index (Phi) is 4.87. The van der Waals surface area contributed by atoms with E-state index in [-0.39, 0.29) is 34.1 Å². The Bertz CT molecular complexity index is 460. The van der Waals surface area contributed by atoms with Crippen LogP contribution in [-0.2, 0) is 0 Å². The van der Waals surface area contributed by atoms with Gasteiger partial charge in [-0.15, -0.1) is 0 Å². The summed E-state index contributed by atoms with van der Waals surface area (Å²) in [7, 11) is 0. The van der Waals surface area contributed by atoms with Crippen LogP contribution in [0.1, 0.15) is 29.6 Å². The van der Waals surface area contributed by atoms with Crippen molar-refractivity contribution < 1.29 is 18.0 Å². The smallest absolute Gasteiger partial charge is 0.389 e. The molecule has 100 valence electrons. The topological polar surface area (TPSA) is 43.1 Å². The first kappa shape index (κ1) is 15.1. The van der Waals surface area contributed by atoms with Crippen molar-refractivity contribution in [2.75, 3.05) is 5.73 Å². The van der Waals surface area contributed by atoms with Crippen molar-refractivity contribution in [3.05, 3.63) is 27.7 Å². The van der Waals surface area contributed by atoms with Gasteiger partial charge in [0.1, 0.15) is 0 Å². The van der Waals surface area contributed by atoms with E-state index in [2.05, 4.69) is 0 Å². The van der Waals surface area contributed by atoms with Crippen LogP contribution in [-0.4, -0.2) is 12.0 Å². The number of carbonyl (C=O) groups excluding carboxylic acids is 1. The zero-order valence-corrected chi connectivity index (χ0v) is 10.7. The molecule has 0 saturated carbocycles. The molecule has 1 aromatic rings. The molecule has 1 rings (SSSR count). The molecule has 18 heavy (non-hydrogen) atoms. The number of carbonyl (C=O) groups is 1. The second kappa shape index (κ2) is 5.80. The summed E-state index contributed by atoms with van der Waals surface area (Å²) in [6.45, 7) is 0. The van der Waals surface area contributed by atoms with Crippen LogP contribution in [0.4, 0.5) is 18.9 Å². The summed E-state index contributed by atoms with van der Waals surface area (Å²) in [4.78, 5) is 11.7. The van der Waals surface area contributed by atoms with E-state index in [1.807, 2.05) is 0 Å². The van der Waals surface area contributed by atoms with Gasteiger partial charge >= 0.3 is 6.18 Å². The van der Waals surface area contributed by atoms with Crippen molar-refractivity contribution >= 4 is 34.7 Å². The Morgan fingerprint density at radius 1 is 1.28 bits per heavy atom. The molecule has 1 aromatic carbocycles. The molecule has 2 N–H and O–H groups in total. The van der Waals surface area contributed by atoms with Gasteiger partial charge in [0, 0.05) is 12.8 Å². The van der Waals surface area contributed by atoms with Crippen LogP contribution in [0.3, 0.4) is 0 Å². The summed E-state index contributed by atoms with van der Waals surface area (Å²) >= 11 is 11.6. The molecule has 0 aliphatic carbocycles. The first-order chi connectivity index (χ1) is 8.22. The molecule has 2 nitrogen and oxygen atoms in total. The average Bonchev–Trinajstić information content (AvgIpc) is 2.22. The van der Waals surface area contributed by atoms with E-state index in [9.17, 15) is 18.0 Å². The molecule has 0 unspecified atom stereocenters. The maximum Gasteiger partial charge on any atom is 0.389 e. The fraction of sp³-hybridized carbons (Fsp3) is 0.364. The zero-order valence-electron chi connectivity index (χ0n) is 9.15. The van der Waals surface area contributed by atoms with Gasteiger partial charge in [-0.3, -0.25) is 4.79 Å². The number of Topliss-reactive ketones (excluding diaryl/α,β-unsaturated/α-hetero) is 1. The number of anilines is 1. The second-order valence-electron chi connectivity index (χ2n) is 3.72. The Morgan fingerprint density at radius 2 is 1.89 bits per heavy atom. The van der Waals surface area contributed by atoms with Gasteiger partial charge in [-0.05, 0) is 18.6 Å². The van der Waals surface area contributed by atoms with Crippen molar-refractivity contribution in [3.8, 4) is 0 Å². The third-order valence-electron chi connectivity index (χ3n) is 2.26. The van der Waals surface area contributed by atoms with Crippen molar-refractivity contribution in [3.63, 3.8) is 0 Å². The van der Waals surface area contributed by atoms with E-state index in [1.54, 1.807) is 0 Å². The molecule has 0 aliphatic heterocycles. The van der Waals surface area contributed by atoms with Gasteiger partial charge in [0.05, 0.1) is 21.3 Å². The highest BCUT2D eigenvalue weighted by Gasteiger charge is 2.27. The number of rotatable bonds is 4. The monoisotopic (exact) mass is 299 g/mol. The van der Waals surface area contributed by atoms with Crippen molar-refractivity contribution in [2.45, 2.75) is 25.4 Å². The lowest BCUT2D eigenvalue weighted by Gasteiger charge is -2.09. The Hall–Kier alpha value is -0.940. The predicted octanol–water partition coefficient (Wildman–Crippen LogP) is 4.49. The summed E-state index contributed by atoms with van der Waals surface area (Å²) < 4.78 is 35.8. The molecular formula is C11H10Cl2F3NO. The summed E-state index contributed by atoms with van der Waals surface area (Å²) in [6, 6.07) is 2.82. The van der Waals surface area contributed by atoms with Crippen LogP contribution < -0.4 is 5.73 Å². The van der Waals surface area contributed by atoms with E-state index in [1.165, 1.54) is 12.1 Å². The van der Waals surface area contributed by atoms with Gasteiger partial charge in [-0.25, -0.2) is 0 Å². The Labute approximate surface area is 112 Å². The van der Waals surface area contributed by atoms with E-state index in [0.717, 1.165) is 0 Å². The fourth-order valence-corrected chi connectivity index (χ4v) is 1.98. The van der Waals surface area contributed by atoms with Gasteiger partial charge in [0.2, 0.25) is 0 Å². The lowest BCUT2D eigenvalue weighted by atomic mass is 10.0. The minimum absolute atomic E-state index is 0.0134. The maximum absolute atomic E-state index is 11.9. The number of benzene rings is 1. The molecule has 0 atom stereocenters. The number of halogens is 5. The molecule has 0 fully saturated rings. The lowest BCUT2D eigenvalue weighted by Crippen LogP contribution is -2.09. The summed E-state index contributed by atoms with van der Waals surface area (Å²) in [5.74, 6) is -0.540. The molecular weight excluding hydrogens is 290 g/mol. The predicted molar refractivity (Wildman–Crippen MR) is 65.1 cm³/mol. The molecule has 0 aliphatic rings. The van der Waals surface area contributed by atoms with E-state index >= 15 is 0 Å². The minimum atomic E-state index is -4.27. The third-order valence-corrected chi connectivity index (χ3v) is 2.99. The third kappa shape index (κ3) is 4.07. The van der Waals surface area contributed by atoms with Gasteiger partial charge < -0.3 is 5.73 Å². The average molecular weight is 300 g/mol. The molecule has 0 heterocycles. The molecule has 7 heteroatoms. The van der Waals surface area contributed by atoms with Gasteiger partial charge in [0.25, 0.3) is 0 Å². The molecule has 0 aromatic heterocycles.